The van der Waals surface area contributed by atoms with Gasteiger partial charge in [-0.05, 0) is 30.7 Å². The van der Waals surface area contributed by atoms with Crippen LogP contribution in [-0.4, -0.2) is 6.54 Å². The summed E-state index contributed by atoms with van der Waals surface area (Å²) in [6.07, 6.45) is 3.36. The smallest absolute Gasteiger partial charge is 0.130 e. The number of rotatable bonds is 5. The average Bonchev–Trinajstić information content (AvgIpc) is 3.25. The van der Waals surface area contributed by atoms with Crippen molar-refractivity contribution in [3.8, 4) is 6.07 Å². The molecule has 0 unspecified atom stereocenters. The van der Waals surface area contributed by atoms with E-state index in [4.69, 9.17) is 11.0 Å². The summed E-state index contributed by atoms with van der Waals surface area (Å²) in [5.74, 6) is 0.563. The van der Waals surface area contributed by atoms with Crippen LogP contribution in [0.5, 0.6) is 0 Å². The number of hydrogen-bond donors (Lipinski definition) is 2. The SMILES string of the molecule is N#Cc1sc(NCCc2ccccc2)c(C2CC2)c1N. The van der Waals surface area contributed by atoms with Crippen LogP contribution in [0.15, 0.2) is 30.3 Å². The van der Waals surface area contributed by atoms with Crippen molar-refractivity contribution in [2.75, 3.05) is 17.6 Å². The molecule has 4 heteroatoms. The molecule has 1 heterocycles. The number of nitriles is 1. The van der Waals surface area contributed by atoms with E-state index in [1.54, 1.807) is 0 Å². The molecule has 1 fully saturated rings. The zero-order valence-corrected chi connectivity index (χ0v) is 12.0. The second-order valence-electron chi connectivity index (χ2n) is 5.14. The Morgan fingerprint density at radius 2 is 2.05 bits per heavy atom. The van der Waals surface area contributed by atoms with Crippen molar-refractivity contribution < 1.29 is 0 Å². The van der Waals surface area contributed by atoms with Gasteiger partial charge in [-0.2, -0.15) is 5.26 Å². The van der Waals surface area contributed by atoms with Gasteiger partial charge in [0.05, 0.1) is 10.7 Å². The highest BCUT2D eigenvalue weighted by Gasteiger charge is 2.31. The van der Waals surface area contributed by atoms with Crippen LogP contribution < -0.4 is 11.1 Å². The Morgan fingerprint density at radius 1 is 1.30 bits per heavy atom. The summed E-state index contributed by atoms with van der Waals surface area (Å²) < 4.78 is 0. The minimum absolute atomic E-state index is 0.563. The Balaban J connectivity index is 1.70. The van der Waals surface area contributed by atoms with Gasteiger partial charge in [-0.15, -0.1) is 11.3 Å². The van der Waals surface area contributed by atoms with E-state index in [-0.39, 0.29) is 0 Å². The van der Waals surface area contributed by atoms with Crippen LogP contribution >= 0.6 is 11.3 Å². The third-order valence-corrected chi connectivity index (χ3v) is 4.70. The second-order valence-corrected chi connectivity index (χ2v) is 6.16. The first-order valence-electron chi connectivity index (χ1n) is 6.89. The summed E-state index contributed by atoms with van der Waals surface area (Å²) in [5, 5.41) is 13.7. The Hall–Kier alpha value is -1.99. The second kappa shape index (κ2) is 5.56. The van der Waals surface area contributed by atoms with E-state index < -0.39 is 0 Å². The number of benzene rings is 1. The fourth-order valence-electron chi connectivity index (χ4n) is 2.41. The highest BCUT2D eigenvalue weighted by Crippen LogP contribution is 2.50. The van der Waals surface area contributed by atoms with Crippen LogP contribution in [-0.2, 0) is 6.42 Å². The Labute approximate surface area is 123 Å². The lowest BCUT2D eigenvalue weighted by Crippen LogP contribution is -2.05. The number of nitrogens with one attached hydrogen (secondary N) is 1. The number of thiophene rings is 1. The number of nitrogens with two attached hydrogens (primary N) is 1. The highest BCUT2D eigenvalue weighted by atomic mass is 32.1. The van der Waals surface area contributed by atoms with Gasteiger partial charge in [0, 0.05) is 12.1 Å². The molecule has 0 radical (unpaired) electrons. The van der Waals surface area contributed by atoms with Crippen molar-refractivity contribution in [1.29, 1.82) is 5.26 Å². The number of hydrogen-bond acceptors (Lipinski definition) is 4. The summed E-state index contributed by atoms with van der Waals surface area (Å²) in [5.41, 5.74) is 9.28. The number of nitrogen functional groups attached to an aromatic ring is 1. The molecule has 3 rings (SSSR count). The van der Waals surface area contributed by atoms with Gasteiger partial charge >= 0.3 is 0 Å². The van der Waals surface area contributed by atoms with Crippen LogP contribution in [0.2, 0.25) is 0 Å². The summed E-state index contributed by atoms with van der Waals surface area (Å²) >= 11 is 1.49. The third-order valence-electron chi connectivity index (χ3n) is 3.61. The van der Waals surface area contributed by atoms with Crippen molar-refractivity contribution in [3.05, 3.63) is 46.3 Å². The van der Waals surface area contributed by atoms with E-state index >= 15 is 0 Å². The molecule has 3 nitrogen and oxygen atoms in total. The Kier molecular flexibility index (Phi) is 3.62. The average molecular weight is 283 g/mol. The molecule has 0 aliphatic heterocycles. The maximum absolute atomic E-state index is 9.11. The van der Waals surface area contributed by atoms with E-state index in [1.807, 2.05) is 6.07 Å². The lowest BCUT2D eigenvalue weighted by molar-refractivity contribution is 1.02. The lowest BCUT2D eigenvalue weighted by atomic mass is 10.1. The summed E-state index contributed by atoms with van der Waals surface area (Å²) in [4.78, 5) is 0.647. The molecule has 1 aromatic carbocycles. The first kappa shape index (κ1) is 13.0. The number of nitrogens with zero attached hydrogens (tertiary/aromatic N) is 1. The molecule has 0 amide bonds. The highest BCUT2D eigenvalue weighted by molar-refractivity contribution is 7.17. The van der Waals surface area contributed by atoms with Gasteiger partial charge in [0.15, 0.2) is 0 Å². The summed E-state index contributed by atoms with van der Waals surface area (Å²) in [6.45, 7) is 0.870. The molecule has 20 heavy (non-hydrogen) atoms. The summed E-state index contributed by atoms with van der Waals surface area (Å²) in [6, 6.07) is 12.6. The van der Waals surface area contributed by atoms with E-state index in [2.05, 4.69) is 35.7 Å². The molecule has 1 aliphatic rings. The Morgan fingerprint density at radius 3 is 2.70 bits per heavy atom. The minimum atomic E-state index is 0.563. The van der Waals surface area contributed by atoms with Crippen molar-refractivity contribution in [3.63, 3.8) is 0 Å². The molecular weight excluding hydrogens is 266 g/mol. The first-order valence-corrected chi connectivity index (χ1v) is 7.71. The zero-order valence-electron chi connectivity index (χ0n) is 11.2. The van der Waals surface area contributed by atoms with Gasteiger partial charge in [0.25, 0.3) is 0 Å². The molecule has 0 atom stereocenters. The predicted molar refractivity (Wildman–Crippen MR) is 84.1 cm³/mol. The molecule has 0 bridgehead atoms. The van der Waals surface area contributed by atoms with Gasteiger partial charge in [-0.25, -0.2) is 0 Å². The maximum atomic E-state index is 9.11. The van der Waals surface area contributed by atoms with Gasteiger partial charge in [0.2, 0.25) is 0 Å². The quantitative estimate of drug-likeness (QED) is 0.878. The van der Waals surface area contributed by atoms with Crippen molar-refractivity contribution in [2.45, 2.75) is 25.2 Å². The molecule has 102 valence electrons. The lowest BCUT2D eigenvalue weighted by Gasteiger charge is -2.07. The van der Waals surface area contributed by atoms with Gasteiger partial charge in [0.1, 0.15) is 10.9 Å². The van der Waals surface area contributed by atoms with Gasteiger partial charge < -0.3 is 11.1 Å². The van der Waals surface area contributed by atoms with Crippen molar-refractivity contribution in [1.82, 2.24) is 0 Å². The standard InChI is InChI=1S/C16H17N3S/c17-10-13-15(18)14(12-6-7-12)16(20-13)19-9-8-11-4-2-1-3-5-11/h1-5,12,19H,6-9,18H2. The molecule has 1 aliphatic carbocycles. The minimum Gasteiger partial charge on any atom is -0.397 e. The molecule has 1 aromatic heterocycles. The predicted octanol–water partition coefficient (Wildman–Crippen LogP) is 3.73. The monoisotopic (exact) mass is 283 g/mol. The third kappa shape index (κ3) is 2.63. The van der Waals surface area contributed by atoms with Gasteiger partial charge in [-0.3, -0.25) is 0 Å². The molecule has 2 aromatic rings. The largest absolute Gasteiger partial charge is 0.397 e. The normalized spacial score (nSPS) is 13.9. The molecule has 0 spiro atoms. The van der Waals surface area contributed by atoms with Crippen LogP contribution in [0.4, 0.5) is 10.7 Å². The van der Waals surface area contributed by atoms with E-state index in [9.17, 15) is 0 Å². The van der Waals surface area contributed by atoms with E-state index in [1.165, 1.54) is 35.3 Å². The van der Waals surface area contributed by atoms with E-state index in [0.717, 1.165) is 18.0 Å². The van der Waals surface area contributed by atoms with E-state index in [0.29, 0.717) is 16.5 Å². The van der Waals surface area contributed by atoms with Crippen LogP contribution in [0.1, 0.15) is 34.8 Å². The zero-order chi connectivity index (χ0) is 13.9. The fraction of sp³-hybridized carbons (Fsp3) is 0.312. The van der Waals surface area contributed by atoms with Crippen molar-refractivity contribution in [2.24, 2.45) is 0 Å². The first-order chi connectivity index (χ1) is 9.79. The van der Waals surface area contributed by atoms with Crippen LogP contribution in [0.3, 0.4) is 0 Å². The molecular formula is C16H17N3S. The molecule has 3 N–H and O–H groups in total. The Bertz CT molecular complexity index is 636. The van der Waals surface area contributed by atoms with Crippen LogP contribution in [0.25, 0.3) is 0 Å². The fourth-order valence-corrected chi connectivity index (χ4v) is 3.44. The molecule has 0 saturated heterocycles. The summed E-state index contributed by atoms with van der Waals surface area (Å²) in [7, 11) is 0. The van der Waals surface area contributed by atoms with Gasteiger partial charge in [-0.1, -0.05) is 30.3 Å². The molecule has 1 saturated carbocycles. The van der Waals surface area contributed by atoms with Crippen molar-refractivity contribution >= 4 is 22.0 Å². The maximum Gasteiger partial charge on any atom is 0.130 e. The topological polar surface area (TPSA) is 61.8 Å². The number of anilines is 2. The van der Waals surface area contributed by atoms with Crippen LogP contribution in [0, 0.1) is 11.3 Å².